The van der Waals surface area contributed by atoms with Gasteiger partial charge in [0.05, 0.1) is 23.6 Å². The van der Waals surface area contributed by atoms with Gasteiger partial charge in [0, 0.05) is 30.7 Å². The maximum Gasteiger partial charge on any atom is 0.340 e. The number of pyridine rings is 1. The molecule has 0 aromatic carbocycles. The summed E-state index contributed by atoms with van der Waals surface area (Å²) in [5.74, 6) is 0.338. The summed E-state index contributed by atoms with van der Waals surface area (Å²) >= 11 is 1.30. The second-order valence-corrected chi connectivity index (χ2v) is 7.10. The molecule has 0 saturated heterocycles. The molecule has 8 nitrogen and oxygen atoms in total. The number of nitrogens with one attached hydrogen (secondary N) is 1. The first kappa shape index (κ1) is 19.8. The lowest BCUT2D eigenvalue weighted by Gasteiger charge is -2.04. The number of rotatable bonds is 7. The molecule has 9 heteroatoms. The first-order valence-electron chi connectivity index (χ1n) is 8.76. The van der Waals surface area contributed by atoms with Crippen LogP contribution in [0.1, 0.15) is 39.0 Å². The fourth-order valence-corrected chi connectivity index (χ4v) is 3.72. The minimum atomic E-state index is -0.421. The van der Waals surface area contributed by atoms with Crippen molar-refractivity contribution in [3.8, 4) is 11.4 Å². The van der Waals surface area contributed by atoms with Crippen molar-refractivity contribution in [1.82, 2.24) is 24.7 Å². The summed E-state index contributed by atoms with van der Waals surface area (Å²) in [5.41, 5.74) is 2.98. The van der Waals surface area contributed by atoms with Gasteiger partial charge in [0.15, 0.2) is 16.8 Å². The Morgan fingerprint density at radius 3 is 2.61 bits per heavy atom. The minimum Gasteiger partial charge on any atom is -0.462 e. The molecule has 0 radical (unpaired) electrons. The molecule has 0 saturated carbocycles. The Morgan fingerprint density at radius 1 is 1.21 bits per heavy atom. The zero-order valence-corrected chi connectivity index (χ0v) is 17.0. The lowest BCUT2D eigenvalue weighted by molar-refractivity contribution is 0.0525. The van der Waals surface area contributed by atoms with Crippen molar-refractivity contribution < 1.29 is 14.3 Å². The molecule has 0 spiro atoms. The zero-order chi connectivity index (χ0) is 20.3. The molecular formula is C19H21N5O3S. The molecular weight excluding hydrogens is 378 g/mol. The Bertz CT molecular complexity index is 1010. The second-order valence-electron chi connectivity index (χ2n) is 6.16. The number of carbonyl (C=O) groups excluding carboxylic acids is 2. The number of H-pyrrole nitrogens is 1. The molecule has 3 aromatic rings. The summed E-state index contributed by atoms with van der Waals surface area (Å²) < 4.78 is 6.91. The highest BCUT2D eigenvalue weighted by Crippen LogP contribution is 2.25. The molecule has 3 heterocycles. The number of carbonyl (C=O) groups is 2. The Labute approximate surface area is 166 Å². The summed E-state index contributed by atoms with van der Waals surface area (Å²) in [7, 11) is 1.85. The van der Waals surface area contributed by atoms with Gasteiger partial charge in [0.25, 0.3) is 0 Å². The third-order valence-corrected chi connectivity index (χ3v) is 5.32. The monoisotopic (exact) mass is 399 g/mol. The number of nitrogens with zero attached hydrogens (tertiary/aromatic N) is 4. The second kappa shape index (κ2) is 8.39. The number of Topliss-reactive ketones (excluding diaryl/α,β-unsaturated/α-hetero) is 1. The van der Waals surface area contributed by atoms with Gasteiger partial charge in [-0.15, -0.1) is 10.2 Å². The largest absolute Gasteiger partial charge is 0.462 e. The van der Waals surface area contributed by atoms with Crippen molar-refractivity contribution in [2.75, 3.05) is 12.4 Å². The van der Waals surface area contributed by atoms with E-state index in [1.807, 2.05) is 23.7 Å². The van der Waals surface area contributed by atoms with Crippen LogP contribution < -0.4 is 0 Å². The molecule has 0 aliphatic heterocycles. The van der Waals surface area contributed by atoms with Crippen LogP contribution in [0, 0.1) is 13.8 Å². The van der Waals surface area contributed by atoms with Gasteiger partial charge in [-0.05, 0) is 38.5 Å². The number of hydrogen-bond donors (Lipinski definition) is 1. The molecule has 0 aliphatic rings. The highest BCUT2D eigenvalue weighted by atomic mass is 32.2. The van der Waals surface area contributed by atoms with Gasteiger partial charge >= 0.3 is 5.97 Å². The third kappa shape index (κ3) is 3.84. The average molecular weight is 399 g/mol. The van der Waals surface area contributed by atoms with E-state index in [-0.39, 0.29) is 18.1 Å². The summed E-state index contributed by atoms with van der Waals surface area (Å²) in [4.78, 5) is 31.8. The molecule has 1 N–H and O–H groups in total. The van der Waals surface area contributed by atoms with E-state index in [0.29, 0.717) is 33.5 Å². The maximum atomic E-state index is 12.7. The van der Waals surface area contributed by atoms with E-state index >= 15 is 0 Å². The summed E-state index contributed by atoms with van der Waals surface area (Å²) in [6.45, 7) is 5.54. The van der Waals surface area contributed by atoms with E-state index < -0.39 is 5.97 Å². The zero-order valence-electron chi connectivity index (χ0n) is 16.1. The van der Waals surface area contributed by atoms with Crippen LogP contribution in [0.15, 0.2) is 29.7 Å². The smallest absolute Gasteiger partial charge is 0.340 e. The number of aromatic amines is 1. The Balaban J connectivity index is 1.74. The van der Waals surface area contributed by atoms with Crippen molar-refractivity contribution >= 4 is 23.5 Å². The Morgan fingerprint density at radius 2 is 1.93 bits per heavy atom. The van der Waals surface area contributed by atoms with Crippen LogP contribution in [0.2, 0.25) is 0 Å². The van der Waals surface area contributed by atoms with Gasteiger partial charge in [-0.3, -0.25) is 9.78 Å². The highest BCUT2D eigenvalue weighted by molar-refractivity contribution is 7.99. The van der Waals surface area contributed by atoms with Gasteiger partial charge in [-0.1, -0.05) is 11.8 Å². The predicted octanol–water partition coefficient (Wildman–Crippen LogP) is 2.97. The number of esters is 1. The molecule has 28 heavy (non-hydrogen) atoms. The molecule has 146 valence electrons. The summed E-state index contributed by atoms with van der Waals surface area (Å²) in [6, 6.07) is 3.71. The van der Waals surface area contributed by atoms with E-state index in [0.717, 1.165) is 5.56 Å². The fraction of sp³-hybridized carbons (Fsp3) is 0.316. The van der Waals surface area contributed by atoms with Crippen molar-refractivity contribution in [3.63, 3.8) is 0 Å². The van der Waals surface area contributed by atoms with E-state index in [9.17, 15) is 9.59 Å². The highest BCUT2D eigenvalue weighted by Gasteiger charge is 2.23. The first-order chi connectivity index (χ1) is 13.4. The molecule has 0 amide bonds. The third-order valence-electron chi connectivity index (χ3n) is 4.30. The Hall–Kier alpha value is -2.94. The van der Waals surface area contributed by atoms with Gasteiger partial charge < -0.3 is 14.3 Å². The summed E-state index contributed by atoms with van der Waals surface area (Å²) in [6.07, 6.45) is 3.38. The fourth-order valence-electron chi connectivity index (χ4n) is 2.93. The van der Waals surface area contributed by atoms with Crippen molar-refractivity contribution in [2.24, 2.45) is 7.05 Å². The molecule has 3 rings (SSSR count). The van der Waals surface area contributed by atoms with E-state index in [1.165, 1.54) is 11.8 Å². The number of aromatic nitrogens is 5. The SMILES string of the molecule is CCOC(=O)c1c(C)[nH]c(C(=O)CSc2nnc(-c3ccncc3)n2C)c1C. The first-order valence-corrected chi connectivity index (χ1v) is 9.74. The molecule has 0 aliphatic carbocycles. The van der Waals surface area contributed by atoms with Crippen molar-refractivity contribution in [3.05, 3.63) is 47.0 Å². The molecule has 3 aromatic heterocycles. The van der Waals surface area contributed by atoms with Crippen LogP contribution in [0.3, 0.4) is 0 Å². The van der Waals surface area contributed by atoms with E-state index in [1.54, 1.807) is 33.2 Å². The van der Waals surface area contributed by atoms with Gasteiger partial charge in [0.2, 0.25) is 0 Å². The maximum absolute atomic E-state index is 12.7. The van der Waals surface area contributed by atoms with E-state index in [2.05, 4.69) is 20.2 Å². The van der Waals surface area contributed by atoms with E-state index in [4.69, 9.17) is 4.74 Å². The molecule has 0 fully saturated rings. The topological polar surface area (TPSA) is 103 Å². The van der Waals surface area contributed by atoms with Gasteiger partial charge in [0.1, 0.15) is 0 Å². The molecule has 0 unspecified atom stereocenters. The van der Waals surface area contributed by atoms with Gasteiger partial charge in [-0.2, -0.15) is 0 Å². The van der Waals surface area contributed by atoms with Crippen molar-refractivity contribution in [1.29, 1.82) is 0 Å². The number of ketones is 1. The molecule has 0 atom stereocenters. The number of ether oxygens (including phenoxy) is 1. The lowest BCUT2D eigenvalue weighted by Crippen LogP contribution is -2.08. The average Bonchev–Trinajstić information content (AvgIpc) is 3.20. The van der Waals surface area contributed by atoms with Crippen LogP contribution in [0.5, 0.6) is 0 Å². The Kier molecular flexibility index (Phi) is 5.93. The van der Waals surface area contributed by atoms with Crippen LogP contribution in [0.4, 0.5) is 0 Å². The number of aryl methyl sites for hydroxylation is 1. The van der Waals surface area contributed by atoms with Crippen LogP contribution in [-0.4, -0.2) is 48.8 Å². The number of thioether (sulfide) groups is 1. The minimum absolute atomic E-state index is 0.116. The predicted molar refractivity (Wildman–Crippen MR) is 106 cm³/mol. The lowest BCUT2D eigenvalue weighted by atomic mass is 10.1. The standard InChI is InChI=1S/C19H21N5O3S/c1-5-27-18(26)15-11(2)16(21-12(15)3)14(25)10-28-19-23-22-17(24(19)4)13-6-8-20-9-7-13/h6-9,21H,5,10H2,1-4H3. The van der Waals surface area contributed by atoms with Crippen LogP contribution in [0.25, 0.3) is 11.4 Å². The van der Waals surface area contributed by atoms with Crippen LogP contribution >= 0.6 is 11.8 Å². The van der Waals surface area contributed by atoms with Crippen molar-refractivity contribution in [2.45, 2.75) is 25.9 Å². The molecule has 0 bridgehead atoms. The summed E-state index contributed by atoms with van der Waals surface area (Å²) in [5, 5.41) is 9.01. The van der Waals surface area contributed by atoms with Crippen LogP contribution in [-0.2, 0) is 11.8 Å². The van der Waals surface area contributed by atoms with Gasteiger partial charge in [-0.25, -0.2) is 4.79 Å². The number of hydrogen-bond acceptors (Lipinski definition) is 7. The normalized spacial score (nSPS) is 10.9. The quantitative estimate of drug-likeness (QED) is 0.370.